The second-order valence-corrected chi connectivity index (χ2v) is 8.14. The molecular weight excluding hydrogens is 300 g/mol. The Balaban J connectivity index is 1.78. The molecule has 0 bridgehead atoms. The van der Waals surface area contributed by atoms with E-state index in [9.17, 15) is 0 Å². The van der Waals surface area contributed by atoms with Crippen molar-refractivity contribution < 1.29 is 4.74 Å². The molecule has 1 aromatic rings. The van der Waals surface area contributed by atoms with E-state index >= 15 is 0 Å². The van der Waals surface area contributed by atoms with Crippen molar-refractivity contribution in [2.75, 3.05) is 0 Å². The van der Waals surface area contributed by atoms with Crippen LogP contribution in [-0.4, -0.2) is 11.2 Å². The quantitative estimate of drug-likeness (QED) is 0.481. The van der Waals surface area contributed by atoms with E-state index in [4.69, 9.17) is 17.0 Å². The molecule has 0 saturated heterocycles. The van der Waals surface area contributed by atoms with Gasteiger partial charge in [0.15, 0.2) is 5.05 Å². The topological polar surface area (TPSA) is 9.23 Å². The molecule has 23 heavy (non-hydrogen) atoms. The Labute approximate surface area is 146 Å². The molecule has 0 heterocycles. The second kappa shape index (κ2) is 6.76. The SMILES string of the molecule is CC(C)=C1CC[C@@]2(C)CCC[C@@H](OC(=S)c3ccccc3)[C@H]2C1. The summed E-state index contributed by atoms with van der Waals surface area (Å²) in [6.45, 7) is 6.98. The van der Waals surface area contributed by atoms with Gasteiger partial charge < -0.3 is 4.74 Å². The lowest BCUT2D eigenvalue weighted by Gasteiger charge is -2.49. The molecule has 2 heteroatoms. The third kappa shape index (κ3) is 3.52. The molecule has 2 aliphatic carbocycles. The molecule has 0 amide bonds. The summed E-state index contributed by atoms with van der Waals surface area (Å²) in [5.74, 6) is 0.608. The summed E-state index contributed by atoms with van der Waals surface area (Å²) in [4.78, 5) is 0. The standard InChI is InChI=1S/C21H28OS/c1-15(2)17-11-13-21(3)12-7-10-19(18(21)14-17)22-20(23)16-8-5-4-6-9-16/h4-6,8-9,18-19H,7,10-14H2,1-3H3/t18-,19-,21-/m1/s1. The van der Waals surface area contributed by atoms with Gasteiger partial charge in [0.2, 0.25) is 0 Å². The van der Waals surface area contributed by atoms with Crippen LogP contribution in [0.25, 0.3) is 0 Å². The smallest absolute Gasteiger partial charge is 0.191 e. The minimum absolute atomic E-state index is 0.274. The third-order valence-electron chi connectivity index (χ3n) is 6.02. The van der Waals surface area contributed by atoms with Crippen LogP contribution in [0.15, 0.2) is 41.5 Å². The van der Waals surface area contributed by atoms with Crippen LogP contribution < -0.4 is 0 Å². The van der Waals surface area contributed by atoms with Gasteiger partial charge in [-0.15, -0.1) is 0 Å². The van der Waals surface area contributed by atoms with Crippen molar-refractivity contribution in [1.29, 1.82) is 0 Å². The van der Waals surface area contributed by atoms with E-state index in [2.05, 4.69) is 20.8 Å². The van der Waals surface area contributed by atoms with Crippen molar-refractivity contribution in [2.24, 2.45) is 11.3 Å². The first-order valence-electron chi connectivity index (χ1n) is 8.91. The molecular formula is C21H28OS. The largest absolute Gasteiger partial charge is 0.479 e. The molecule has 3 rings (SSSR count). The molecule has 2 aliphatic rings. The third-order valence-corrected chi connectivity index (χ3v) is 6.35. The molecule has 1 nitrogen and oxygen atoms in total. The van der Waals surface area contributed by atoms with Crippen molar-refractivity contribution in [1.82, 2.24) is 0 Å². The fourth-order valence-corrected chi connectivity index (χ4v) is 4.67. The lowest BCUT2D eigenvalue weighted by atomic mass is 9.58. The molecule has 0 unspecified atom stereocenters. The Morgan fingerprint density at radius 1 is 1.17 bits per heavy atom. The fourth-order valence-electron chi connectivity index (χ4n) is 4.41. The number of hydrogen-bond acceptors (Lipinski definition) is 2. The molecule has 0 radical (unpaired) electrons. The summed E-state index contributed by atoms with van der Waals surface area (Å²) in [6.07, 6.45) is 7.78. The Morgan fingerprint density at radius 3 is 2.61 bits per heavy atom. The average Bonchev–Trinajstić information content (AvgIpc) is 2.55. The van der Waals surface area contributed by atoms with Gasteiger partial charge in [0.25, 0.3) is 0 Å². The van der Waals surface area contributed by atoms with Crippen LogP contribution >= 0.6 is 12.2 Å². The molecule has 0 N–H and O–H groups in total. The fraction of sp³-hybridized carbons (Fsp3) is 0.571. The van der Waals surface area contributed by atoms with Crippen molar-refractivity contribution in [3.8, 4) is 0 Å². The Hall–Kier alpha value is -1.15. The predicted octanol–water partition coefficient (Wildman–Crippen LogP) is 6.07. The van der Waals surface area contributed by atoms with Gasteiger partial charge in [-0.05, 0) is 70.0 Å². The van der Waals surface area contributed by atoms with Crippen LogP contribution in [0.1, 0.15) is 64.9 Å². The maximum Gasteiger partial charge on any atom is 0.191 e. The molecule has 3 atom stereocenters. The second-order valence-electron chi connectivity index (χ2n) is 7.77. The van der Waals surface area contributed by atoms with E-state index in [-0.39, 0.29) is 6.10 Å². The Morgan fingerprint density at radius 2 is 1.91 bits per heavy atom. The van der Waals surface area contributed by atoms with Gasteiger partial charge in [-0.1, -0.05) is 48.4 Å². The molecule has 0 aromatic heterocycles. The number of fused-ring (bicyclic) bond motifs is 1. The number of allylic oxidation sites excluding steroid dienone is 2. The van der Waals surface area contributed by atoms with E-state index in [1.807, 2.05) is 30.3 Å². The Bertz CT molecular complexity index is 600. The lowest BCUT2D eigenvalue weighted by Crippen LogP contribution is -2.44. The van der Waals surface area contributed by atoms with E-state index in [0.717, 1.165) is 12.0 Å². The van der Waals surface area contributed by atoms with Gasteiger partial charge in [-0.3, -0.25) is 0 Å². The van der Waals surface area contributed by atoms with Crippen LogP contribution in [0.2, 0.25) is 0 Å². The number of thiocarbonyl (C=S) groups is 1. The summed E-state index contributed by atoms with van der Waals surface area (Å²) in [7, 11) is 0. The highest BCUT2D eigenvalue weighted by Gasteiger charge is 2.46. The summed E-state index contributed by atoms with van der Waals surface area (Å²) < 4.78 is 6.35. The summed E-state index contributed by atoms with van der Waals surface area (Å²) in [5.41, 5.74) is 4.61. The number of ether oxygens (including phenoxy) is 1. The van der Waals surface area contributed by atoms with E-state index in [1.54, 1.807) is 5.57 Å². The van der Waals surface area contributed by atoms with Crippen LogP contribution in [-0.2, 0) is 4.74 Å². The van der Waals surface area contributed by atoms with Crippen molar-refractivity contribution in [3.05, 3.63) is 47.0 Å². The van der Waals surface area contributed by atoms with Gasteiger partial charge in [0, 0.05) is 11.5 Å². The van der Waals surface area contributed by atoms with Gasteiger partial charge >= 0.3 is 0 Å². The summed E-state index contributed by atoms with van der Waals surface area (Å²) in [5, 5.41) is 0.671. The van der Waals surface area contributed by atoms with Gasteiger partial charge in [-0.25, -0.2) is 0 Å². The van der Waals surface area contributed by atoms with Crippen molar-refractivity contribution in [3.63, 3.8) is 0 Å². The molecule has 0 spiro atoms. The lowest BCUT2D eigenvalue weighted by molar-refractivity contribution is -0.0229. The first-order chi connectivity index (χ1) is 11.0. The highest BCUT2D eigenvalue weighted by molar-refractivity contribution is 7.80. The van der Waals surface area contributed by atoms with Crippen LogP contribution in [0.3, 0.4) is 0 Å². The zero-order chi connectivity index (χ0) is 16.4. The normalized spacial score (nSPS) is 30.5. The Kier molecular flexibility index (Phi) is 4.91. The van der Waals surface area contributed by atoms with Gasteiger partial charge in [0.1, 0.15) is 6.10 Å². The van der Waals surface area contributed by atoms with E-state index < -0.39 is 0 Å². The summed E-state index contributed by atoms with van der Waals surface area (Å²) >= 11 is 5.58. The van der Waals surface area contributed by atoms with Crippen molar-refractivity contribution in [2.45, 2.75) is 65.4 Å². The molecule has 1 aromatic carbocycles. The van der Waals surface area contributed by atoms with E-state index in [0.29, 0.717) is 16.4 Å². The number of benzene rings is 1. The molecule has 0 aliphatic heterocycles. The minimum Gasteiger partial charge on any atom is -0.479 e. The maximum atomic E-state index is 6.35. The number of hydrogen-bond donors (Lipinski definition) is 0. The van der Waals surface area contributed by atoms with Crippen LogP contribution in [0, 0.1) is 11.3 Å². The molecule has 2 saturated carbocycles. The first-order valence-corrected chi connectivity index (χ1v) is 9.32. The van der Waals surface area contributed by atoms with Gasteiger partial charge in [-0.2, -0.15) is 0 Å². The highest BCUT2D eigenvalue weighted by atomic mass is 32.1. The van der Waals surface area contributed by atoms with Crippen LogP contribution in [0.5, 0.6) is 0 Å². The first kappa shape index (κ1) is 16.7. The van der Waals surface area contributed by atoms with Crippen molar-refractivity contribution >= 4 is 17.3 Å². The monoisotopic (exact) mass is 328 g/mol. The molecule has 124 valence electrons. The zero-order valence-corrected chi connectivity index (χ0v) is 15.4. The minimum atomic E-state index is 0.274. The number of rotatable bonds is 2. The van der Waals surface area contributed by atoms with Crippen LogP contribution in [0.4, 0.5) is 0 Å². The predicted molar refractivity (Wildman–Crippen MR) is 101 cm³/mol. The maximum absolute atomic E-state index is 6.35. The zero-order valence-electron chi connectivity index (χ0n) is 14.6. The highest BCUT2D eigenvalue weighted by Crippen LogP contribution is 2.52. The van der Waals surface area contributed by atoms with Gasteiger partial charge in [0.05, 0.1) is 0 Å². The average molecular weight is 329 g/mol. The summed E-state index contributed by atoms with van der Waals surface area (Å²) in [6, 6.07) is 10.2. The van der Waals surface area contributed by atoms with E-state index in [1.165, 1.54) is 37.7 Å². The molecule has 2 fully saturated rings.